The van der Waals surface area contributed by atoms with Crippen molar-refractivity contribution >= 4 is 17.7 Å². The van der Waals surface area contributed by atoms with Gasteiger partial charge in [0, 0.05) is 18.9 Å². The Morgan fingerprint density at radius 1 is 1.18 bits per heavy atom. The summed E-state index contributed by atoms with van der Waals surface area (Å²) in [5.74, 6) is 1.25. The molecule has 22 heavy (non-hydrogen) atoms. The van der Waals surface area contributed by atoms with E-state index in [0.29, 0.717) is 38.0 Å². The fraction of sp³-hybridized carbons (Fsp3) is 0.933. The number of aliphatic hydroxyl groups excluding tert-OH is 2. The van der Waals surface area contributed by atoms with Crippen LogP contribution in [0.5, 0.6) is 0 Å². The summed E-state index contributed by atoms with van der Waals surface area (Å²) in [6, 6.07) is 0. The Balaban J connectivity index is 3.20. The largest absolute Gasteiger partial charge is 0.394 e. The molecule has 0 aromatic carbocycles. The van der Waals surface area contributed by atoms with Gasteiger partial charge in [-0.25, -0.2) is 0 Å². The van der Waals surface area contributed by atoms with Crippen LogP contribution in [0.4, 0.5) is 0 Å². The van der Waals surface area contributed by atoms with E-state index in [1.807, 2.05) is 0 Å². The lowest BCUT2D eigenvalue weighted by Gasteiger charge is -2.09. The van der Waals surface area contributed by atoms with Gasteiger partial charge in [-0.2, -0.15) is 0 Å². The van der Waals surface area contributed by atoms with Crippen LogP contribution in [0.25, 0.3) is 0 Å². The summed E-state index contributed by atoms with van der Waals surface area (Å²) >= 11 is 1.29. The average Bonchev–Trinajstić information content (AvgIpc) is 2.48. The smallest absolute Gasteiger partial charge is 0.230 e. The third-order valence-corrected chi connectivity index (χ3v) is 3.85. The number of aliphatic hydroxyl groups is 2. The highest BCUT2D eigenvalue weighted by Gasteiger charge is 2.05. The number of hydrogen-bond acceptors (Lipinski definition) is 6. The number of carbonyl (C=O) groups excluding carboxylic acids is 1. The van der Waals surface area contributed by atoms with Crippen molar-refractivity contribution in [1.82, 2.24) is 5.32 Å². The van der Waals surface area contributed by atoms with Crippen LogP contribution in [-0.4, -0.2) is 73.3 Å². The second-order valence-corrected chi connectivity index (χ2v) is 6.49. The van der Waals surface area contributed by atoms with Gasteiger partial charge < -0.3 is 25.0 Å². The van der Waals surface area contributed by atoms with Crippen molar-refractivity contribution in [3.63, 3.8) is 0 Å². The molecule has 0 spiro atoms. The van der Waals surface area contributed by atoms with E-state index in [-0.39, 0.29) is 18.3 Å². The summed E-state index contributed by atoms with van der Waals surface area (Å²) in [6.07, 6.45) is 1.50. The minimum absolute atomic E-state index is 0.0938. The Morgan fingerprint density at radius 3 is 2.50 bits per heavy atom. The predicted molar refractivity (Wildman–Crippen MR) is 89.1 cm³/mol. The summed E-state index contributed by atoms with van der Waals surface area (Å²) < 4.78 is 10.8. The van der Waals surface area contributed by atoms with Crippen molar-refractivity contribution in [2.24, 2.45) is 5.92 Å². The Bertz CT molecular complexity index is 266. The molecule has 132 valence electrons. The first-order valence-electron chi connectivity index (χ1n) is 7.85. The molecule has 3 N–H and O–H groups in total. The zero-order valence-corrected chi connectivity index (χ0v) is 14.6. The number of rotatable bonds is 15. The van der Waals surface area contributed by atoms with Crippen LogP contribution in [0.15, 0.2) is 0 Å². The van der Waals surface area contributed by atoms with Crippen molar-refractivity contribution in [3.05, 3.63) is 0 Å². The molecule has 0 aromatic heterocycles. The Hall–Kier alpha value is -0.340. The van der Waals surface area contributed by atoms with Gasteiger partial charge in [-0.15, -0.1) is 11.8 Å². The van der Waals surface area contributed by atoms with Crippen LogP contribution in [0, 0.1) is 5.92 Å². The zero-order valence-electron chi connectivity index (χ0n) is 13.8. The number of carbonyl (C=O) groups is 1. The van der Waals surface area contributed by atoms with Gasteiger partial charge in [0.05, 0.1) is 38.3 Å². The number of thioether (sulfide) groups is 1. The van der Waals surface area contributed by atoms with E-state index in [9.17, 15) is 4.79 Å². The van der Waals surface area contributed by atoms with Crippen molar-refractivity contribution in [2.45, 2.75) is 32.8 Å². The molecule has 6 nitrogen and oxygen atoms in total. The van der Waals surface area contributed by atoms with Gasteiger partial charge >= 0.3 is 0 Å². The molecule has 0 aliphatic rings. The molecule has 1 unspecified atom stereocenters. The molecule has 0 radical (unpaired) electrons. The van der Waals surface area contributed by atoms with E-state index in [0.717, 1.165) is 13.0 Å². The summed E-state index contributed by atoms with van der Waals surface area (Å²) in [4.78, 5) is 11.4. The standard InChI is InChI=1S/C15H31NO5S/c1-13(2)4-3-6-20-8-9-21-7-5-16-15(19)12-22-11-14(18)10-17/h13-14,17-18H,3-12H2,1-2H3,(H,16,19). The van der Waals surface area contributed by atoms with Gasteiger partial charge in [-0.3, -0.25) is 4.79 Å². The molecule has 7 heteroatoms. The van der Waals surface area contributed by atoms with E-state index in [2.05, 4.69) is 19.2 Å². The number of ether oxygens (including phenoxy) is 2. The second kappa shape index (κ2) is 15.6. The Labute approximate surface area is 137 Å². The molecule has 0 bridgehead atoms. The molecular weight excluding hydrogens is 306 g/mol. The number of amides is 1. The molecule has 0 aromatic rings. The van der Waals surface area contributed by atoms with Gasteiger partial charge in [0.25, 0.3) is 0 Å². The van der Waals surface area contributed by atoms with Gasteiger partial charge in [0.2, 0.25) is 5.91 Å². The Morgan fingerprint density at radius 2 is 1.86 bits per heavy atom. The highest BCUT2D eigenvalue weighted by Crippen LogP contribution is 2.03. The van der Waals surface area contributed by atoms with Gasteiger partial charge in [0.15, 0.2) is 0 Å². The van der Waals surface area contributed by atoms with Crippen molar-refractivity contribution in [3.8, 4) is 0 Å². The normalized spacial score (nSPS) is 12.6. The summed E-state index contributed by atoms with van der Waals surface area (Å²) in [6.45, 7) is 6.95. The highest BCUT2D eigenvalue weighted by molar-refractivity contribution is 7.99. The maximum atomic E-state index is 11.4. The highest BCUT2D eigenvalue weighted by atomic mass is 32.2. The quantitative estimate of drug-likeness (QED) is 0.381. The van der Waals surface area contributed by atoms with Crippen LogP contribution in [-0.2, 0) is 14.3 Å². The van der Waals surface area contributed by atoms with E-state index >= 15 is 0 Å². The summed E-state index contributed by atoms with van der Waals surface area (Å²) in [5.41, 5.74) is 0. The summed E-state index contributed by atoms with van der Waals surface area (Å²) in [7, 11) is 0. The van der Waals surface area contributed by atoms with E-state index < -0.39 is 6.10 Å². The Kier molecular flexibility index (Phi) is 15.3. The van der Waals surface area contributed by atoms with Crippen LogP contribution < -0.4 is 5.32 Å². The lowest BCUT2D eigenvalue weighted by Crippen LogP contribution is -2.29. The number of hydrogen-bond donors (Lipinski definition) is 3. The van der Waals surface area contributed by atoms with Crippen LogP contribution in [0.3, 0.4) is 0 Å². The van der Waals surface area contributed by atoms with Crippen LogP contribution in [0.2, 0.25) is 0 Å². The van der Waals surface area contributed by atoms with Gasteiger partial charge in [0.1, 0.15) is 0 Å². The third kappa shape index (κ3) is 16.0. The van der Waals surface area contributed by atoms with Crippen molar-refractivity contribution < 1.29 is 24.5 Å². The third-order valence-electron chi connectivity index (χ3n) is 2.76. The maximum Gasteiger partial charge on any atom is 0.230 e. The molecule has 1 amide bonds. The first-order chi connectivity index (χ1) is 10.6. The molecule has 0 saturated carbocycles. The van der Waals surface area contributed by atoms with Gasteiger partial charge in [-0.1, -0.05) is 13.8 Å². The fourth-order valence-corrected chi connectivity index (χ4v) is 2.35. The first-order valence-corrected chi connectivity index (χ1v) is 9.00. The average molecular weight is 337 g/mol. The molecule has 0 rings (SSSR count). The SMILES string of the molecule is CC(C)CCCOCCOCCNC(=O)CSCC(O)CO. The number of nitrogens with one attached hydrogen (secondary N) is 1. The van der Waals surface area contributed by atoms with Crippen LogP contribution in [0.1, 0.15) is 26.7 Å². The predicted octanol–water partition coefficient (Wildman–Crippen LogP) is 0.658. The first kappa shape index (κ1) is 21.7. The van der Waals surface area contributed by atoms with Crippen molar-refractivity contribution in [1.29, 1.82) is 0 Å². The minimum atomic E-state index is -0.762. The molecule has 0 fully saturated rings. The molecule has 0 aliphatic heterocycles. The second-order valence-electron chi connectivity index (χ2n) is 5.46. The van der Waals surface area contributed by atoms with E-state index in [4.69, 9.17) is 19.7 Å². The summed E-state index contributed by atoms with van der Waals surface area (Å²) in [5, 5.41) is 20.5. The maximum absolute atomic E-state index is 11.4. The van der Waals surface area contributed by atoms with Gasteiger partial charge in [-0.05, 0) is 18.8 Å². The van der Waals surface area contributed by atoms with E-state index in [1.165, 1.54) is 18.2 Å². The fourth-order valence-electron chi connectivity index (χ4n) is 1.57. The minimum Gasteiger partial charge on any atom is -0.394 e. The van der Waals surface area contributed by atoms with E-state index in [1.54, 1.807) is 0 Å². The topological polar surface area (TPSA) is 88.0 Å². The molecule has 0 aliphatic carbocycles. The molecule has 1 atom stereocenters. The molecule has 0 heterocycles. The molecular formula is C15H31NO5S. The lowest BCUT2D eigenvalue weighted by molar-refractivity contribution is -0.118. The lowest BCUT2D eigenvalue weighted by atomic mass is 10.1. The van der Waals surface area contributed by atoms with Crippen molar-refractivity contribution in [2.75, 3.05) is 51.1 Å². The molecule has 0 saturated heterocycles. The zero-order chi connectivity index (χ0) is 16.6. The monoisotopic (exact) mass is 337 g/mol. The van der Waals surface area contributed by atoms with Crippen LogP contribution >= 0.6 is 11.8 Å².